The van der Waals surface area contributed by atoms with Crippen LogP contribution in [0.25, 0.3) is 0 Å². The molecule has 0 aliphatic heterocycles. The molecule has 0 saturated heterocycles. The van der Waals surface area contributed by atoms with Gasteiger partial charge in [-0.05, 0) is 38.6 Å². The van der Waals surface area contributed by atoms with Crippen LogP contribution in [-0.4, -0.2) is 31.2 Å². The maximum atomic E-state index is 11.6. The molecule has 1 atom stereocenters. The molecule has 4 nitrogen and oxygen atoms in total. The molecule has 4 heteroatoms. The Bertz CT molecular complexity index is 215. The first-order valence-electron chi connectivity index (χ1n) is 6.30. The van der Waals surface area contributed by atoms with Crippen molar-refractivity contribution >= 4 is 5.91 Å². The van der Waals surface area contributed by atoms with E-state index in [9.17, 15) is 4.79 Å². The van der Waals surface area contributed by atoms with Gasteiger partial charge in [-0.1, -0.05) is 13.3 Å². The maximum Gasteiger partial charge on any atom is 0.248 e. The fourth-order valence-corrected chi connectivity index (χ4v) is 1.86. The van der Waals surface area contributed by atoms with E-state index in [2.05, 4.69) is 12.2 Å². The summed E-state index contributed by atoms with van der Waals surface area (Å²) in [7, 11) is 0. The number of hydrogen-bond donors (Lipinski definition) is 2. The molecule has 0 radical (unpaired) electrons. The van der Waals surface area contributed by atoms with Crippen molar-refractivity contribution in [2.45, 2.75) is 51.7 Å². The van der Waals surface area contributed by atoms with Crippen LogP contribution in [0.3, 0.4) is 0 Å². The normalized spacial score (nSPS) is 25.9. The van der Waals surface area contributed by atoms with Crippen LogP contribution in [-0.2, 0) is 9.53 Å². The molecule has 1 aliphatic rings. The topological polar surface area (TPSA) is 64.3 Å². The smallest absolute Gasteiger partial charge is 0.248 e. The Morgan fingerprint density at radius 3 is 2.81 bits per heavy atom. The van der Waals surface area contributed by atoms with E-state index >= 15 is 0 Å². The lowest BCUT2D eigenvalue weighted by Gasteiger charge is -2.35. The van der Waals surface area contributed by atoms with E-state index in [-0.39, 0.29) is 18.1 Å². The molecule has 1 rings (SSSR count). The van der Waals surface area contributed by atoms with Crippen LogP contribution in [0.15, 0.2) is 0 Å². The van der Waals surface area contributed by atoms with Gasteiger partial charge in [-0.2, -0.15) is 0 Å². The average Bonchev–Trinajstić information content (AvgIpc) is 2.22. The summed E-state index contributed by atoms with van der Waals surface area (Å²) < 4.78 is 5.64. The van der Waals surface area contributed by atoms with Crippen molar-refractivity contribution in [1.29, 1.82) is 0 Å². The van der Waals surface area contributed by atoms with Crippen molar-refractivity contribution in [2.24, 2.45) is 11.7 Å². The molecule has 0 bridgehead atoms. The molecule has 1 amide bonds. The highest BCUT2D eigenvalue weighted by molar-refractivity contribution is 5.80. The monoisotopic (exact) mass is 228 g/mol. The number of amides is 1. The molecule has 0 aromatic carbocycles. The predicted molar refractivity (Wildman–Crippen MR) is 64.0 cm³/mol. The number of ether oxygens (including phenoxy) is 1. The number of carbonyl (C=O) groups is 1. The Labute approximate surface area is 97.9 Å². The van der Waals surface area contributed by atoms with Gasteiger partial charge in [-0.15, -0.1) is 0 Å². The van der Waals surface area contributed by atoms with Crippen LogP contribution in [0, 0.1) is 5.92 Å². The Hall–Kier alpha value is -0.610. The third kappa shape index (κ3) is 4.10. The molecular weight excluding hydrogens is 204 g/mol. The number of nitrogens with two attached hydrogens (primary N) is 1. The van der Waals surface area contributed by atoms with Crippen LogP contribution in [0.5, 0.6) is 0 Å². The van der Waals surface area contributed by atoms with Crippen molar-refractivity contribution < 1.29 is 9.53 Å². The number of carbonyl (C=O) groups excluding carboxylic acids is 1. The van der Waals surface area contributed by atoms with Gasteiger partial charge < -0.3 is 15.8 Å². The zero-order valence-electron chi connectivity index (χ0n) is 10.4. The predicted octanol–water partition coefficient (Wildman–Crippen LogP) is 1.05. The second-order valence-electron chi connectivity index (χ2n) is 4.62. The lowest BCUT2D eigenvalue weighted by atomic mass is 9.82. The minimum atomic E-state index is -0.333. The molecule has 1 saturated carbocycles. The second kappa shape index (κ2) is 6.86. The van der Waals surface area contributed by atoms with Crippen LogP contribution < -0.4 is 11.1 Å². The zero-order chi connectivity index (χ0) is 12.0. The van der Waals surface area contributed by atoms with E-state index in [4.69, 9.17) is 10.5 Å². The van der Waals surface area contributed by atoms with Gasteiger partial charge in [0.1, 0.15) is 6.10 Å². The van der Waals surface area contributed by atoms with Gasteiger partial charge in [0, 0.05) is 6.54 Å². The van der Waals surface area contributed by atoms with Gasteiger partial charge in [0.05, 0.1) is 6.10 Å². The van der Waals surface area contributed by atoms with Crippen molar-refractivity contribution in [3.05, 3.63) is 0 Å². The van der Waals surface area contributed by atoms with E-state index in [1.807, 2.05) is 6.92 Å². The molecule has 1 fully saturated rings. The summed E-state index contributed by atoms with van der Waals surface area (Å²) in [6.45, 7) is 5.40. The molecule has 16 heavy (non-hydrogen) atoms. The van der Waals surface area contributed by atoms with Crippen LogP contribution >= 0.6 is 0 Å². The lowest BCUT2D eigenvalue weighted by molar-refractivity contribution is -0.141. The first-order valence-corrected chi connectivity index (χ1v) is 6.30. The quantitative estimate of drug-likeness (QED) is 0.640. The minimum Gasteiger partial charge on any atom is -0.365 e. The number of rotatable bonds is 7. The van der Waals surface area contributed by atoms with Crippen LogP contribution in [0.4, 0.5) is 0 Å². The summed E-state index contributed by atoms with van der Waals surface area (Å²) in [5, 5.41) is 2.87. The van der Waals surface area contributed by atoms with Crippen molar-refractivity contribution in [1.82, 2.24) is 5.32 Å². The van der Waals surface area contributed by atoms with Crippen molar-refractivity contribution in [3.8, 4) is 0 Å². The minimum absolute atomic E-state index is 0.00430. The molecular formula is C12H24N2O2. The maximum absolute atomic E-state index is 11.6. The molecule has 3 N–H and O–H groups in total. The van der Waals surface area contributed by atoms with E-state index in [0.29, 0.717) is 5.92 Å². The number of hydrogen-bond acceptors (Lipinski definition) is 3. The molecule has 1 aliphatic carbocycles. The van der Waals surface area contributed by atoms with E-state index in [0.717, 1.165) is 38.8 Å². The standard InChI is InChI=1S/C12H24N2O2/c1-3-4-5-14-12(15)9(2)16-11-6-10(7-11)8-13/h9-11H,3-8,13H2,1-2H3,(H,14,15). The molecule has 0 aromatic heterocycles. The molecule has 0 spiro atoms. The molecule has 0 heterocycles. The first kappa shape index (κ1) is 13.5. The fourth-order valence-electron chi connectivity index (χ4n) is 1.86. The lowest BCUT2D eigenvalue weighted by Crippen LogP contribution is -2.42. The first-order chi connectivity index (χ1) is 7.67. The summed E-state index contributed by atoms with van der Waals surface area (Å²) in [6, 6.07) is 0. The SMILES string of the molecule is CCCCNC(=O)C(C)OC1CC(CN)C1. The van der Waals surface area contributed by atoms with Gasteiger partial charge >= 0.3 is 0 Å². The summed E-state index contributed by atoms with van der Waals surface area (Å²) >= 11 is 0. The van der Waals surface area contributed by atoms with E-state index < -0.39 is 0 Å². The number of unbranched alkanes of at least 4 members (excludes halogenated alkanes) is 1. The largest absolute Gasteiger partial charge is 0.365 e. The van der Waals surface area contributed by atoms with Gasteiger partial charge in [0.15, 0.2) is 0 Å². The summed E-state index contributed by atoms with van der Waals surface area (Å²) in [5.74, 6) is 0.602. The van der Waals surface area contributed by atoms with Gasteiger partial charge in [-0.3, -0.25) is 4.79 Å². The Morgan fingerprint density at radius 2 is 2.25 bits per heavy atom. The number of nitrogens with one attached hydrogen (secondary N) is 1. The zero-order valence-corrected chi connectivity index (χ0v) is 10.4. The van der Waals surface area contributed by atoms with E-state index in [1.54, 1.807) is 0 Å². The summed E-state index contributed by atoms with van der Waals surface area (Å²) in [5.41, 5.74) is 5.53. The fraction of sp³-hybridized carbons (Fsp3) is 0.917. The van der Waals surface area contributed by atoms with Gasteiger partial charge in [-0.25, -0.2) is 0 Å². The summed E-state index contributed by atoms with van der Waals surface area (Å²) in [6.07, 6.45) is 4.03. The molecule has 1 unspecified atom stereocenters. The Balaban J connectivity index is 2.10. The highest BCUT2D eigenvalue weighted by Gasteiger charge is 2.31. The van der Waals surface area contributed by atoms with Gasteiger partial charge in [0.2, 0.25) is 5.91 Å². The van der Waals surface area contributed by atoms with Crippen LogP contribution in [0.2, 0.25) is 0 Å². The third-order valence-electron chi connectivity index (χ3n) is 3.12. The molecule has 0 aromatic rings. The average molecular weight is 228 g/mol. The summed E-state index contributed by atoms with van der Waals surface area (Å²) in [4.78, 5) is 11.6. The third-order valence-corrected chi connectivity index (χ3v) is 3.12. The highest BCUT2D eigenvalue weighted by atomic mass is 16.5. The molecule has 94 valence electrons. The Kier molecular flexibility index (Phi) is 5.77. The Morgan fingerprint density at radius 1 is 1.56 bits per heavy atom. The van der Waals surface area contributed by atoms with Crippen molar-refractivity contribution in [3.63, 3.8) is 0 Å². The van der Waals surface area contributed by atoms with Gasteiger partial charge in [0.25, 0.3) is 0 Å². The van der Waals surface area contributed by atoms with E-state index in [1.165, 1.54) is 0 Å². The van der Waals surface area contributed by atoms with Crippen molar-refractivity contribution in [2.75, 3.05) is 13.1 Å². The highest BCUT2D eigenvalue weighted by Crippen LogP contribution is 2.29. The second-order valence-corrected chi connectivity index (χ2v) is 4.62. The van der Waals surface area contributed by atoms with Crippen LogP contribution in [0.1, 0.15) is 39.5 Å².